The Morgan fingerprint density at radius 3 is 1.58 bits per heavy atom. The van der Waals surface area contributed by atoms with E-state index in [4.69, 9.17) is 79.1 Å². The van der Waals surface area contributed by atoms with E-state index >= 15 is 0 Å². The summed E-state index contributed by atoms with van der Waals surface area (Å²) >= 11 is 35.3. The van der Waals surface area contributed by atoms with E-state index in [1.54, 1.807) is 13.8 Å². The van der Waals surface area contributed by atoms with Crippen molar-refractivity contribution in [2.75, 3.05) is 18.1 Å². The van der Waals surface area contributed by atoms with Gasteiger partial charge in [0, 0.05) is 5.56 Å². The second-order valence-electron chi connectivity index (χ2n) is 5.58. The quantitative estimate of drug-likeness (QED) is 0.411. The minimum absolute atomic E-state index is 0.0306. The van der Waals surface area contributed by atoms with E-state index in [9.17, 15) is 9.59 Å². The summed E-state index contributed by atoms with van der Waals surface area (Å²) in [5.41, 5.74) is 0.572. The zero-order valence-electron chi connectivity index (χ0n) is 15.9. The van der Waals surface area contributed by atoms with Gasteiger partial charge in [0.2, 0.25) is 7.59 Å². The van der Waals surface area contributed by atoms with Crippen LogP contribution < -0.4 is 4.90 Å². The first-order chi connectivity index (χ1) is 14.4. The lowest BCUT2D eigenvalue weighted by atomic mass is 10.2. The van der Waals surface area contributed by atoms with Gasteiger partial charge in [0.15, 0.2) is 17.5 Å². The van der Waals surface area contributed by atoms with Crippen LogP contribution in [0.2, 0.25) is 0 Å². The van der Waals surface area contributed by atoms with Gasteiger partial charge in [-0.05, 0) is 38.1 Å². The molecule has 0 aliphatic heterocycles. The van der Waals surface area contributed by atoms with Crippen LogP contribution in [0.5, 0.6) is 0 Å². The highest BCUT2D eigenvalue weighted by molar-refractivity contribution is 6.67. The van der Waals surface area contributed by atoms with Gasteiger partial charge in [-0.2, -0.15) is 4.90 Å². The highest BCUT2D eigenvalue weighted by atomic mass is 35.6. The van der Waals surface area contributed by atoms with Gasteiger partial charge in [-0.25, -0.2) is 24.5 Å². The average Bonchev–Trinajstić information content (AvgIpc) is 2.67. The minimum Gasteiger partial charge on any atom is -0.449 e. The lowest BCUT2D eigenvalue weighted by Gasteiger charge is -2.19. The van der Waals surface area contributed by atoms with Gasteiger partial charge >= 0.3 is 12.2 Å². The topological polar surface area (TPSA) is 94.5 Å². The third-order valence-electron chi connectivity index (χ3n) is 3.43. The van der Waals surface area contributed by atoms with Crippen LogP contribution in [-0.4, -0.2) is 40.4 Å². The molecule has 2 amide bonds. The number of hydrogen-bond acceptors (Lipinski definition) is 7. The molecule has 0 atom stereocenters. The molecule has 2 rings (SSSR count). The Kier molecular flexibility index (Phi) is 8.84. The lowest BCUT2D eigenvalue weighted by molar-refractivity contribution is 0.140. The smallest absolute Gasteiger partial charge is 0.423 e. The Morgan fingerprint density at radius 2 is 1.23 bits per heavy atom. The number of nitrogens with zero attached hydrogens (tertiary/aromatic N) is 4. The number of hydrogen-bond donors (Lipinski definition) is 0. The molecule has 0 saturated heterocycles. The summed E-state index contributed by atoms with van der Waals surface area (Å²) in [5.74, 6) is -0.483. The van der Waals surface area contributed by atoms with Gasteiger partial charge in [-0.3, -0.25) is 0 Å². The molecule has 0 spiro atoms. The van der Waals surface area contributed by atoms with E-state index in [2.05, 4.69) is 15.0 Å². The van der Waals surface area contributed by atoms with Crippen molar-refractivity contribution in [2.45, 2.75) is 21.4 Å². The summed E-state index contributed by atoms with van der Waals surface area (Å²) in [4.78, 5) is 37.2. The Morgan fingerprint density at radius 1 is 0.806 bits per heavy atom. The maximum atomic E-state index is 12.2. The molecular formula is C17H14Cl6N4O4. The number of rotatable bonds is 4. The molecule has 1 aromatic heterocycles. The minimum atomic E-state index is -2.01. The molecule has 1 heterocycles. The van der Waals surface area contributed by atoms with Crippen molar-refractivity contribution >= 4 is 87.5 Å². The molecule has 168 valence electrons. The predicted octanol–water partition coefficient (Wildman–Crippen LogP) is 6.31. The van der Waals surface area contributed by atoms with Gasteiger partial charge in [-0.15, -0.1) is 0 Å². The predicted molar refractivity (Wildman–Crippen MR) is 120 cm³/mol. The highest BCUT2D eigenvalue weighted by Gasteiger charge is 2.34. The number of benzene rings is 1. The Labute approximate surface area is 207 Å². The third kappa shape index (κ3) is 6.84. The number of aromatic nitrogens is 3. The molecular weight excluding hydrogens is 537 g/mol. The molecule has 2 aromatic rings. The molecule has 8 nitrogen and oxygen atoms in total. The summed E-state index contributed by atoms with van der Waals surface area (Å²) in [7, 11) is 0. The molecule has 0 fully saturated rings. The molecule has 0 N–H and O–H groups in total. The van der Waals surface area contributed by atoms with Gasteiger partial charge in [0.05, 0.1) is 18.9 Å². The standard InChI is InChI=1S/C17H14Cl6N4O4/c1-3-30-14(28)27(15(29)31-4-2)10-7-5-9(6-8-10)11-24-12(16(18,19)20)26-13(25-11)17(21,22)23/h5-8H,3-4H2,1-2H3. The summed E-state index contributed by atoms with van der Waals surface area (Å²) < 4.78 is 5.81. The molecule has 0 aliphatic rings. The van der Waals surface area contributed by atoms with Crippen molar-refractivity contribution in [1.82, 2.24) is 15.0 Å². The SMILES string of the molecule is CCOC(=O)N(C(=O)OCC)c1ccc(-c2nc(C(Cl)(Cl)Cl)nc(C(Cl)(Cl)Cl)n2)cc1. The highest BCUT2D eigenvalue weighted by Crippen LogP contribution is 2.40. The van der Waals surface area contributed by atoms with Crippen LogP contribution in [0.25, 0.3) is 11.4 Å². The van der Waals surface area contributed by atoms with Gasteiger partial charge in [0.25, 0.3) is 0 Å². The van der Waals surface area contributed by atoms with Crippen LogP contribution in [0.1, 0.15) is 25.5 Å². The maximum absolute atomic E-state index is 12.2. The van der Waals surface area contributed by atoms with E-state index in [1.807, 2.05) is 0 Å². The molecule has 0 radical (unpaired) electrons. The van der Waals surface area contributed by atoms with E-state index in [-0.39, 0.29) is 36.4 Å². The number of alkyl halides is 6. The Bertz CT molecular complexity index is 897. The monoisotopic (exact) mass is 548 g/mol. The molecule has 0 saturated carbocycles. The number of halogens is 6. The lowest BCUT2D eigenvalue weighted by Crippen LogP contribution is -2.38. The number of carbonyl (C=O) groups is 2. The first kappa shape index (κ1) is 26.0. The van der Waals surface area contributed by atoms with Gasteiger partial charge in [-0.1, -0.05) is 69.6 Å². The molecule has 14 heteroatoms. The van der Waals surface area contributed by atoms with Crippen molar-refractivity contribution in [2.24, 2.45) is 0 Å². The summed E-state index contributed by atoms with van der Waals surface area (Å²) in [6.45, 7) is 3.35. The van der Waals surface area contributed by atoms with Gasteiger partial charge in [0.1, 0.15) is 0 Å². The van der Waals surface area contributed by atoms with Crippen molar-refractivity contribution in [3.63, 3.8) is 0 Å². The van der Waals surface area contributed by atoms with Crippen LogP contribution in [-0.2, 0) is 17.1 Å². The van der Waals surface area contributed by atoms with Crippen molar-refractivity contribution in [3.05, 3.63) is 35.9 Å². The number of carbonyl (C=O) groups excluding carboxylic acids is 2. The Hall–Kier alpha value is -1.29. The fraction of sp³-hybridized carbons (Fsp3) is 0.353. The Balaban J connectivity index is 2.50. The molecule has 0 aliphatic carbocycles. The van der Waals surface area contributed by atoms with E-state index < -0.39 is 19.8 Å². The molecule has 31 heavy (non-hydrogen) atoms. The van der Waals surface area contributed by atoms with E-state index in [0.717, 1.165) is 4.90 Å². The number of amides is 2. The molecule has 0 unspecified atom stereocenters. The summed E-state index contributed by atoms with van der Waals surface area (Å²) in [5, 5.41) is 0. The summed E-state index contributed by atoms with van der Waals surface area (Å²) in [6.07, 6.45) is -1.79. The second kappa shape index (κ2) is 10.6. The first-order valence-electron chi connectivity index (χ1n) is 8.53. The van der Waals surface area contributed by atoms with Crippen molar-refractivity contribution in [1.29, 1.82) is 0 Å². The fourth-order valence-corrected chi connectivity index (χ4v) is 2.69. The van der Waals surface area contributed by atoms with Crippen LogP contribution in [0, 0.1) is 0 Å². The van der Waals surface area contributed by atoms with Crippen molar-refractivity contribution in [3.8, 4) is 11.4 Å². The third-order valence-corrected chi connectivity index (χ3v) is 4.44. The van der Waals surface area contributed by atoms with E-state index in [1.165, 1.54) is 24.3 Å². The van der Waals surface area contributed by atoms with E-state index in [0.29, 0.717) is 5.56 Å². The zero-order valence-corrected chi connectivity index (χ0v) is 20.4. The normalized spacial score (nSPS) is 11.7. The number of ether oxygens (including phenoxy) is 2. The number of anilines is 1. The van der Waals surface area contributed by atoms with Crippen LogP contribution in [0.3, 0.4) is 0 Å². The number of imide groups is 1. The zero-order chi connectivity index (χ0) is 23.4. The fourth-order valence-electron chi connectivity index (χ4n) is 2.18. The maximum Gasteiger partial charge on any atom is 0.423 e. The van der Waals surface area contributed by atoms with Gasteiger partial charge < -0.3 is 9.47 Å². The van der Waals surface area contributed by atoms with Crippen LogP contribution in [0.15, 0.2) is 24.3 Å². The van der Waals surface area contributed by atoms with Crippen LogP contribution >= 0.6 is 69.6 Å². The largest absolute Gasteiger partial charge is 0.449 e. The molecule has 0 bridgehead atoms. The van der Waals surface area contributed by atoms with Crippen molar-refractivity contribution < 1.29 is 19.1 Å². The summed E-state index contributed by atoms with van der Waals surface area (Å²) in [6, 6.07) is 5.88. The first-order valence-corrected chi connectivity index (χ1v) is 10.8. The van der Waals surface area contributed by atoms with Crippen LogP contribution in [0.4, 0.5) is 15.3 Å². The second-order valence-corrected chi connectivity index (χ2v) is 10.1. The molecule has 1 aromatic carbocycles. The average molecular weight is 551 g/mol.